The van der Waals surface area contributed by atoms with Crippen molar-refractivity contribution >= 4 is 11.6 Å². The summed E-state index contributed by atoms with van der Waals surface area (Å²) in [5.74, 6) is 0.173. The predicted molar refractivity (Wildman–Crippen MR) is 70.5 cm³/mol. The van der Waals surface area contributed by atoms with E-state index in [-0.39, 0.29) is 17.8 Å². The average Bonchev–Trinajstić information content (AvgIpc) is 2.64. The first-order chi connectivity index (χ1) is 8.97. The molecule has 0 radical (unpaired) electrons. The lowest BCUT2D eigenvalue weighted by Crippen LogP contribution is -2.36. The van der Waals surface area contributed by atoms with Crippen molar-refractivity contribution in [2.24, 2.45) is 5.73 Å². The Hall–Kier alpha value is -0.910. The second kappa shape index (κ2) is 6.03. The van der Waals surface area contributed by atoms with Gasteiger partial charge in [-0.1, -0.05) is 11.6 Å². The van der Waals surface area contributed by atoms with E-state index in [4.69, 9.17) is 17.3 Å². The maximum atomic E-state index is 12.4. The van der Waals surface area contributed by atoms with Crippen molar-refractivity contribution in [2.45, 2.75) is 38.6 Å². The fourth-order valence-corrected chi connectivity index (χ4v) is 2.55. The average molecular weight is 291 g/mol. The predicted octanol–water partition coefficient (Wildman–Crippen LogP) is 2.86. The number of rotatable bonds is 4. The van der Waals surface area contributed by atoms with Crippen molar-refractivity contribution in [2.75, 3.05) is 6.54 Å². The fourth-order valence-electron chi connectivity index (χ4n) is 2.35. The van der Waals surface area contributed by atoms with Crippen LogP contribution in [0.4, 0.5) is 8.78 Å². The van der Waals surface area contributed by atoms with Gasteiger partial charge in [-0.05, 0) is 31.5 Å². The molecule has 1 saturated heterocycles. The minimum atomic E-state index is -2.84. The van der Waals surface area contributed by atoms with Gasteiger partial charge in [0, 0.05) is 35.8 Å². The molecule has 1 aliphatic heterocycles. The SMILES string of the molecule is CC1C(N)CCN1Cc1cc(Cl)ccc1OC(F)F. The lowest BCUT2D eigenvalue weighted by Gasteiger charge is -2.24. The summed E-state index contributed by atoms with van der Waals surface area (Å²) in [4.78, 5) is 2.15. The Morgan fingerprint density at radius 1 is 1.53 bits per heavy atom. The van der Waals surface area contributed by atoms with Crippen molar-refractivity contribution < 1.29 is 13.5 Å². The highest BCUT2D eigenvalue weighted by atomic mass is 35.5. The molecule has 3 nitrogen and oxygen atoms in total. The van der Waals surface area contributed by atoms with Crippen LogP contribution in [-0.2, 0) is 6.54 Å². The Morgan fingerprint density at radius 3 is 2.84 bits per heavy atom. The summed E-state index contributed by atoms with van der Waals surface area (Å²) in [7, 11) is 0. The maximum absolute atomic E-state index is 12.4. The topological polar surface area (TPSA) is 38.5 Å². The van der Waals surface area contributed by atoms with Gasteiger partial charge in [0.15, 0.2) is 0 Å². The molecule has 0 aromatic heterocycles. The molecule has 1 heterocycles. The number of likely N-dealkylation sites (tertiary alicyclic amines) is 1. The van der Waals surface area contributed by atoms with Crippen LogP contribution in [-0.4, -0.2) is 30.1 Å². The quantitative estimate of drug-likeness (QED) is 0.927. The van der Waals surface area contributed by atoms with Crippen LogP contribution in [0.25, 0.3) is 0 Å². The van der Waals surface area contributed by atoms with E-state index in [9.17, 15) is 8.78 Å². The van der Waals surface area contributed by atoms with Gasteiger partial charge in [0.25, 0.3) is 0 Å². The van der Waals surface area contributed by atoms with Crippen LogP contribution in [0.1, 0.15) is 18.9 Å². The zero-order valence-electron chi connectivity index (χ0n) is 10.7. The van der Waals surface area contributed by atoms with Crippen LogP contribution in [0.3, 0.4) is 0 Å². The second-order valence-corrected chi connectivity index (χ2v) is 5.23. The Kier molecular flexibility index (Phi) is 4.60. The highest BCUT2D eigenvalue weighted by Gasteiger charge is 2.28. The summed E-state index contributed by atoms with van der Waals surface area (Å²) >= 11 is 5.92. The van der Waals surface area contributed by atoms with Gasteiger partial charge in [0.2, 0.25) is 0 Å². The number of halogens is 3. The van der Waals surface area contributed by atoms with Gasteiger partial charge in [-0.15, -0.1) is 0 Å². The number of alkyl halides is 2. The molecule has 0 saturated carbocycles. The Balaban J connectivity index is 2.16. The summed E-state index contributed by atoms with van der Waals surface area (Å²) in [6.45, 7) is 0.564. The van der Waals surface area contributed by atoms with Crippen LogP contribution in [0.2, 0.25) is 5.02 Å². The van der Waals surface area contributed by atoms with E-state index in [1.54, 1.807) is 12.1 Å². The Morgan fingerprint density at radius 2 is 2.26 bits per heavy atom. The number of hydrogen-bond donors (Lipinski definition) is 1. The molecule has 0 bridgehead atoms. The standard InChI is InChI=1S/C13H17ClF2N2O/c1-8-11(17)4-5-18(8)7-9-6-10(14)2-3-12(9)19-13(15)16/h2-3,6,8,11,13H,4-5,7,17H2,1H3. The molecule has 1 aromatic rings. The third kappa shape index (κ3) is 3.55. The van der Waals surface area contributed by atoms with Crippen molar-refractivity contribution in [1.29, 1.82) is 0 Å². The molecule has 2 N–H and O–H groups in total. The number of benzene rings is 1. The minimum absolute atomic E-state index is 0.124. The number of nitrogens with two attached hydrogens (primary N) is 1. The summed E-state index contributed by atoms with van der Waals surface area (Å²) in [6.07, 6.45) is 0.909. The maximum Gasteiger partial charge on any atom is 0.387 e. The lowest BCUT2D eigenvalue weighted by molar-refractivity contribution is -0.0508. The first-order valence-electron chi connectivity index (χ1n) is 6.20. The molecular weight excluding hydrogens is 274 g/mol. The van der Waals surface area contributed by atoms with Crippen molar-refractivity contribution in [1.82, 2.24) is 4.90 Å². The Bertz CT molecular complexity index is 445. The van der Waals surface area contributed by atoms with E-state index in [2.05, 4.69) is 9.64 Å². The molecule has 2 rings (SSSR count). The van der Waals surface area contributed by atoms with Gasteiger partial charge in [0.1, 0.15) is 5.75 Å². The van der Waals surface area contributed by atoms with E-state index in [1.807, 2.05) is 6.92 Å². The summed E-state index contributed by atoms with van der Waals surface area (Å²) < 4.78 is 29.3. The normalized spacial score (nSPS) is 24.1. The number of hydrogen-bond acceptors (Lipinski definition) is 3. The third-order valence-corrected chi connectivity index (χ3v) is 3.79. The zero-order valence-corrected chi connectivity index (χ0v) is 11.4. The molecule has 19 heavy (non-hydrogen) atoms. The van der Waals surface area contributed by atoms with Gasteiger partial charge in [-0.25, -0.2) is 0 Å². The van der Waals surface area contributed by atoms with Gasteiger partial charge in [0.05, 0.1) is 0 Å². The summed E-state index contributed by atoms with van der Waals surface area (Å²) in [6, 6.07) is 5.03. The van der Waals surface area contributed by atoms with Crippen LogP contribution in [0, 0.1) is 0 Å². The zero-order chi connectivity index (χ0) is 14.0. The van der Waals surface area contributed by atoms with Gasteiger partial charge >= 0.3 is 6.61 Å². The lowest BCUT2D eigenvalue weighted by atomic mass is 10.1. The highest BCUT2D eigenvalue weighted by molar-refractivity contribution is 6.30. The molecule has 1 fully saturated rings. The molecule has 0 spiro atoms. The first kappa shape index (κ1) is 14.5. The van der Waals surface area contributed by atoms with E-state index < -0.39 is 6.61 Å². The monoisotopic (exact) mass is 290 g/mol. The van der Waals surface area contributed by atoms with Gasteiger partial charge in [-0.3, -0.25) is 4.90 Å². The van der Waals surface area contributed by atoms with Crippen LogP contribution >= 0.6 is 11.6 Å². The molecule has 0 amide bonds. The molecule has 2 atom stereocenters. The van der Waals surface area contributed by atoms with Gasteiger partial charge < -0.3 is 10.5 Å². The van der Waals surface area contributed by atoms with E-state index in [0.717, 1.165) is 13.0 Å². The van der Waals surface area contributed by atoms with Crippen LogP contribution in [0.15, 0.2) is 18.2 Å². The number of nitrogens with zero attached hydrogens (tertiary/aromatic N) is 1. The third-order valence-electron chi connectivity index (χ3n) is 3.56. The fraction of sp³-hybridized carbons (Fsp3) is 0.538. The second-order valence-electron chi connectivity index (χ2n) is 4.79. The van der Waals surface area contributed by atoms with Crippen LogP contribution < -0.4 is 10.5 Å². The smallest absolute Gasteiger partial charge is 0.387 e. The van der Waals surface area contributed by atoms with Crippen molar-refractivity contribution in [3.63, 3.8) is 0 Å². The first-order valence-corrected chi connectivity index (χ1v) is 6.58. The molecule has 0 aliphatic carbocycles. The highest BCUT2D eigenvalue weighted by Crippen LogP contribution is 2.28. The summed E-state index contributed by atoms with van der Waals surface area (Å²) in [5.41, 5.74) is 6.61. The number of ether oxygens (including phenoxy) is 1. The van der Waals surface area contributed by atoms with E-state index in [1.165, 1.54) is 6.07 Å². The Labute approximate surface area is 116 Å². The van der Waals surface area contributed by atoms with Crippen LogP contribution in [0.5, 0.6) is 5.75 Å². The molecule has 6 heteroatoms. The van der Waals surface area contributed by atoms with E-state index in [0.29, 0.717) is 17.1 Å². The molecule has 2 unspecified atom stereocenters. The summed E-state index contributed by atoms with van der Waals surface area (Å²) in [5, 5.41) is 0.507. The molecule has 1 aliphatic rings. The molecule has 106 valence electrons. The van der Waals surface area contributed by atoms with Crippen molar-refractivity contribution in [3.8, 4) is 5.75 Å². The minimum Gasteiger partial charge on any atom is -0.434 e. The van der Waals surface area contributed by atoms with E-state index >= 15 is 0 Å². The largest absolute Gasteiger partial charge is 0.434 e. The van der Waals surface area contributed by atoms with Crippen molar-refractivity contribution in [3.05, 3.63) is 28.8 Å². The molecular formula is C13H17ClF2N2O. The van der Waals surface area contributed by atoms with Gasteiger partial charge in [-0.2, -0.15) is 8.78 Å². The molecule has 1 aromatic carbocycles.